The van der Waals surface area contributed by atoms with Crippen molar-refractivity contribution in [2.45, 2.75) is 63.4 Å². The first-order valence-electron chi connectivity index (χ1n) is 14.4. The third-order valence-corrected chi connectivity index (χ3v) is 9.18. The second kappa shape index (κ2) is 12.6. The molecular weight excluding hydrogens is 593 g/mol. The molecule has 1 aliphatic carbocycles. The molecule has 13 heteroatoms. The Kier molecular flexibility index (Phi) is 8.98. The van der Waals surface area contributed by atoms with E-state index in [0.717, 1.165) is 25.7 Å². The van der Waals surface area contributed by atoms with E-state index >= 15 is 13.2 Å². The van der Waals surface area contributed by atoms with Gasteiger partial charge < -0.3 is 10.2 Å². The molecule has 44 heavy (non-hydrogen) atoms. The lowest BCUT2D eigenvalue weighted by Gasteiger charge is -2.33. The summed E-state index contributed by atoms with van der Waals surface area (Å²) in [7, 11) is -0.148. The molecule has 0 spiro atoms. The Hall–Kier alpha value is -3.97. The Morgan fingerprint density at radius 1 is 1.00 bits per heavy atom. The summed E-state index contributed by atoms with van der Waals surface area (Å²) in [5.74, 6) is -4.92. The summed E-state index contributed by atoms with van der Waals surface area (Å²) < 4.78 is 74.3. The van der Waals surface area contributed by atoms with Crippen LogP contribution in [-0.2, 0) is 15.8 Å². The fourth-order valence-electron chi connectivity index (χ4n) is 5.65. The predicted octanol–water partition coefficient (Wildman–Crippen LogP) is 5.68. The van der Waals surface area contributed by atoms with E-state index in [1.54, 1.807) is 32.0 Å². The maximum Gasteiger partial charge on any atom is 0.260 e. The molecule has 2 aromatic heterocycles. The van der Waals surface area contributed by atoms with Crippen LogP contribution in [0.25, 0.3) is 22.2 Å². The van der Waals surface area contributed by atoms with E-state index in [0.29, 0.717) is 34.7 Å². The molecule has 0 aliphatic heterocycles. The maximum atomic E-state index is 15.5. The molecule has 1 saturated carbocycles. The number of pyridine rings is 1. The summed E-state index contributed by atoms with van der Waals surface area (Å²) in [5.41, 5.74) is -2.16. The Morgan fingerprint density at radius 2 is 1.68 bits per heavy atom. The number of hydrogen-bond acceptors (Lipinski definition) is 7. The van der Waals surface area contributed by atoms with Crippen LogP contribution in [0.2, 0.25) is 0 Å². The van der Waals surface area contributed by atoms with Crippen LogP contribution >= 0.6 is 0 Å². The van der Waals surface area contributed by atoms with Gasteiger partial charge in [-0.25, -0.2) is 26.6 Å². The number of halogens is 3. The van der Waals surface area contributed by atoms with Crippen LogP contribution in [0, 0.1) is 17.5 Å². The number of anilines is 2. The minimum absolute atomic E-state index is 0.172. The Balaban J connectivity index is 1.48. The average Bonchev–Trinajstić information content (AvgIpc) is 2.97. The van der Waals surface area contributed by atoms with Gasteiger partial charge >= 0.3 is 0 Å². The van der Waals surface area contributed by atoms with Gasteiger partial charge in [0.2, 0.25) is 16.0 Å². The van der Waals surface area contributed by atoms with Crippen LogP contribution in [0.15, 0.2) is 53.5 Å². The van der Waals surface area contributed by atoms with E-state index in [4.69, 9.17) is 0 Å². The monoisotopic (exact) mass is 628 g/mol. The SMILES string of the molecule is CC(C)n1c(=O)c(-c2cc(F)c(NS(=O)(=O)Cc3ccccc3)c(F)c2F)cc2cnc(NC3CCC(N(C)C)CC3)nc21. The lowest BCUT2D eigenvalue weighted by molar-refractivity contribution is 0.221. The predicted molar refractivity (Wildman–Crippen MR) is 166 cm³/mol. The van der Waals surface area contributed by atoms with Crippen LogP contribution in [0.4, 0.5) is 24.8 Å². The van der Waals surface area contributed by atoms with Crippen LogP contribution in [-0.4, -0.2) is 54.0 Å². The van der Waals surface area contributed by atoms with Gasteiger partial charge in [0.1, 0.15) is 11.3 Å². The van der Waals surface area contributed by atoms with E-state index in [-0.39, 0.29) is 11.6 Å². The average molecular weight is 629 g/mol. The van der Waals surface area contributed by atoms with Gasteiger partial charge in [-0.3, -0.25) is 14.1 Å². The highest BCUT2D eigenvalue weighted by Crippen LogP contribution is 2.32. The lowest BCUT2D eigenvalue weighted by Crippen LogP contribution is -2.36. The fraction of sp³-hybridized carbons (Fsp3) is 0.387. The zero-order valence-electron chi connectivity index (χ0n) is 24.9. The zero-order valence-corrected chi connectivity index (χ0v) is 25.8. The van der Waals surface area contributed by atoms with Gasteiger partial charge in [-0.1, -0.05) is 30.3 Å². The molecular formula is C31H35F3N6O3S. The number of sulfonamides is 1. The number of hydrogen-bond donors (Lipinski definition) is 2. The molecule has 2 N–H and O–H groups in total. The summed E-state index contributed by atoms with van der Waals surface area (Å²) in [4.78, 5) is 24.9. The van der Waals surface area contributed by atoms with E-state index in [9.17, 15) is 13.2 Å². The molecule has 0 atom stereocenters. The highest BCUT2D eigenvalue weighted by Gasteiger charge is 2.27. The minimum atomic E-state index is -4.29. The van der Waals surface area contributed by atoms with Crippen molar-refractivity contribution in [3.05, 3.63) is 82.0 Å². The lowest BCUT2D eigenvalue weighted by atomic mass is 9.91. The molecule has 1 aliphatic rings. The number of aromatic nitrogens is 3. The maximum absolute atomic E-state index is 15.5. The standard InChI is InChI=1S/C31H35F3N6O3S/c1-18(2)40-29-20(16-35-31(37-29)36-21-10-12-22(13-11-21)39(3)4)14-24(30(40)41)23-15-25(32)28(27(34)26(23)33)38-44(42,43)17-19-8-6-5-7-9-19/h5-9,14-16,18,21-22,38H,10-13,17H2,1-4H3,(H,35,36,37). The van der Waals surface area contributed by atoms with Crippen LogP contribution < -0.4 is 15.6 Å². The van der Waals surface area contributed by atoms with Gasteiger partial charge in [-0.15, -0.1) is 0 Å². The number of fused-ring (bicyclic) bond motifs is 1. The van der Waals surface area contributed by atoms with E-state index in [1.165, 1.54) is 29.0 Å². The Labute approximate surface area is 254 Å². The first-order chi connectivity index (χ1) is 20.8. The normalized spacial score (nSPS) is 17.4. The van der Waals surface area contributed by atoms with Gasteiger partial charge in [-0.2, -0.15) is 4.98 Å². The summed E-state index contributed by atoms with van der Waals surface area (Å²) in [5, 5.41) is 3.72. The van der Waals surface area contributed by atoms with E-state index in [2.05, 4.69) is 34.3 Å². The molecule has 1 fully saturated rings. The zero-order chi connectivity index (χ0) is 31.8. The highest BCUT2D eigenvalue weighted by atomic mass is 32.2. The first-order valence-corrected chi connectivity index (χ1v) is 16.1. The van der Waals surface area contributed by atoms with Crippen molar-refractivity contribution in [1.29, 1.82) is 0 Å². The molecule has 2 aromatic carbocycles. The highest BCUT2D eigenvalue weighted by molar-refractivity contribution is 7.91. The fourth-order valence-corrected chi connectivity index (χ4v) is 6.85. The Morgan fingerprint density at radius 3 is 2.32 bits per heavy atom. The van der Waals surface area contributed by atoms with E-state index in [1.807, 2.05) is 4.72 Å². The minimum Gasteiger partial charge on any atom is -0.351 e. The molecule has 0 amide bonds. The number of nitrogens with one attached hydrogen (secondary N) is 2. The summed E-state index contributed by atoms with van der Waals surface area (Å²) in [6.45, 7) is 3.48. The van der Waals surface area contributed by atoms with Crippen molar-refractivity contribution in [3.63, 3.8) is 0 Å². The van der Waals surface area contributed by atoms with Crippen molar-refractivity contribution in [3.8, 4) is 11.1 Å². The van der Waals surface area contributed by atoms with Gasteiger partial charge in [0.25, 0.3) is 5.56 Å². The van der Waals surface area contributed by atoms with E-state index < -0.39 is 56.1 Å². The summed E-state index contributed by atoms with van der Waals surface area (Å²) in [6.07, 6.45) is 5.42. The van der Waals surface area contributed by atoms with Crippen molar-refractivity contribution in [1.82, 2.24) is 19.4 Å². The molecule has 2 heterocycles. The molecule has 0 radical (unpaired) electrons. The molecule has 4 aromatic rings. The molecule has 5 rings (SSSR count). The van der Waals surface area contributed by atoms with Crippen molar-refractivity contribution >= 4 is 32.7 Å². The van der Waals surface area contributed by atoms with Crippen LogP contribution in [0.5, 0.6) is 0 Å². The molecule has 0 unspecified atom stereocenters. The second-order valence-electron chi connectivity index (χ2n) is 11.7. The van der Waals surface area contributed by atoms with Crippen LogP contribution in [0.1, 0.15) is 51.1 Å². The van der Waals surface area contributed by atoms with Crippen LogP contribution in [0.3, 0.4) is 0 Å². The smallest absolute Gasteiger partial charge is 0.260 e. The van der Waals surface area contributed by atoms with Gasteiger partial charge in [0.15, 0.2) is 17.5 Å². The molecule has 0 bridgehead atoms. The number of rotatable bonds is 9. The van der Waals surface area contributed by atoms with Crippen molar-refractivity contribution in [2.75, 3.05) is 24.1 Å². The molecule has 0 saturated heterocycles. The summed E-state index contributed by atoms with van der Waals surface area (Å²) in [6, 6.07) is 10.2. The number of benzene rings is 2. The van der Waals surface area contributed by atoms with Crippen molar-refractivity contribution in [2.24, 2.45) is 0 Å². The van der Waals surface area contributed by atoms with Gasteiger partial charge in [0.05, 0.1) is 11.3 Å². The number of nitrogens with zero attached hydrogens (tertiary/aromatic N) is 4. The van der Waals surface area contributed by atoms with Crippen molar-refractivity contribution < 1.29 is 21.6 Å². The molecule has 234 valence electrons. The topological polar surface area (TPSA) is 109 Å². The summed E-state index contributed by atoms with van der Waals surface area (Å²) >= 11 is 0. The largest absolute Gasteiger partial charge is 0.351 e. The van der Waals surface area contributed by atoms with Gasteiger partial charge in [-0.05, 0) is 71.3 Å². The van der Waals surface area contributed by atoms with Gasteiger partial charge in [0, 0.05) is 35.3 Å². The third-order valence-electron chi connectivity index (χ3n) is 7.96. The first kappa shape index (κ1) is 31.5. The quantitative estimate of drug-likeness (QED) is 0.230. The third kappa shape index (κ3) is 6.58. The Bertz CT molecular complexity index is 1840. The molecule has 9 nitrogen and oxygen atoms in total. The second-order valence-corrected chi connectivity index (χ2v) is 13.4.